The molecule has 0 aromatic heterocycles. The summed E-state index contributed by atoms with van der Waals surface area (Å²) < 4.78 is 16.2. The Hall–Kier alpha value is -3.20. The monoisotopic (exact) mass is 340 g/mol. The molecule has 130 valence electrons. The summed E-state index contributed by atoms with van der Waals surface area (Å²) in [5.74, 6) is 1.03. The lowest BCUT2D eigenvalue weighted by molar-refractivity contribution is -0.122. The van der Waals surface area contributed by atoms with Gasteiger partial charge in [0.1, 0.15) is 5.75 Å². The van der Waals surface area contributed by atoms with Crippen LogP contribution in [0, 0.1) is 18.3 Å². The molecule has 0 fully saturated rings. The fourth-order valence-electron chi connectivity index (χ4n) is 2.23. The lowest BCUT2D eigenvalue weighted by atomic mass is 10.2. The maximum absolute atomic E-state index is 12.4. The Kier molecular flexibility index (Phi) is 5.85. The van der Waals surface area contributed by atoms with Gasteiger partial charge < -0.3 is 19.5 Å². The zero-order chi connectivity index (χ0) is 18.4. The molecule has 2 rings (SSSR count). The number of aryl methyl sites for hydroxylation is 1. The third kappa shape index (κ3) is 4.42. The summed E-state index contributed by atoms with van der Waals surface area (Å²) in [6.07, 6.45) is -0.771. The molecule has 6 nitrogen and oxygen atoms in total. The van der Waals surface area contributed by atoms with Crippen molar-refractivity contribution in [3.63, 3.8) is 0 Å². The number of anilines is 1. The maximum Gasteiger partial charge on any atom is 0.265 e. The number of nitrogens with one attached hydrogen (secondary N) is 1. The fraction of sp³-hybridized carbons (Fsp3) is 0.263. The second-order valence-electron chi connectivity index (χ2n) is 5.43. The lowest BCUT2D eigenvalue weighted by Gasteiger charge is -2.18. The van der Waals surface area contributed by atoms with E-state index >= 15 is 0 Å². The highest BCUT2D eigenvalue weighted by Gasteiger charge is 2.19. The van der Waals surface area contributed by atoms with Gasteiger partial charge in [0, 0.05) is 6.07 Å². The fourth-order valence-corrected chi connectivity index (χ4v) is 2.23. The highest BCUT2D eigenvalue weighted by Crippen LogP contribution is 2.29. The first-order chi connectivity index (χ1) is 12.0. The predicted molar refractivity (Wildman–Crippen MR) is 94.2 cm³/mol. The van der Waals surface area contributed by atoms with Crippen molar-refractivity contribution in [3.8, 4) is 23.3 Å². The van der Waals surface area contributed by atoms with Gasteiger partial charge in [0.05, 0.1) is 31.5 Å². The zero-order valence-corrected chi connectivity index (χ0v) is 14.6. The minimum Gasteiger partial charge on any atom is -0.495 e. The first-order valence-corrected chi connectivity index (χ1v) is 7.68. The smallest absolute Gasteiger partial charge is 0.265 e. The molecular weight excluding hydrogens is 320 g/mol. The average Bonchev–Trinajstić information content (AvgIpc) is 2.62. The molecule has 0 aliphatic heterocycles. The van der Waals surface area contributed by atoms with Crippen LogP contribution < -0.4 is 19.5 Å². The largest absolute Gasteiger partial charge is 0.495 e. The van der Waals surface area contributed by atoms with Crippen molar-refractivity contribution in [1.29, 1.82) is 5.26 Å². The quantitative estimate of drug-likeness (QED) is 0.873. The Balaban J connectivity index is 2.14. The van der Waals surface area contributed by atoms with Gasteiger partial charge in [0.15, 0.2) is 17.6 Å². The number of benzene rings is 2. The summed E-state index contributed by atoms with van der Waals surface area (Å²) >= 11 is 0. The van der Waals surface area contributed by atoms with E-state index in [0.29, 0.717) is 28.5 Å². The third-order valence-corrected chi connectivity index (χ3v) is 3.58. The first-order valence-electron chi connectivity index (χ1n) is 7.68. The zero-order valence-electron chi connectivity index (χ0n) is 14.6. The number of carbonyl (C=O) groups is 1. The van der Waals surface area contributed by atoms with Gasteiger partial charge in [0.25, 0.3) is 5.91 Å². The first kappa shape index (κ1) is 18.1. The highest BCUT2D eigenvalue weighted by molar-refractivity contribution is 5.95. The van der Waals surface area contributed by atoms with E-state index in [-0.39, 0.29) is 5.91 Å². The second-order valence-corrected chi connectivity index (χ2v) is 5.43. The molecule has 6 heteroatoms. The van der Waals surface area contributed by atoms with Gasteiger partial charge in [-0.3, -0.25) is 4.79 Å². The molecule has 2 aromatic carbocycles. The minimum absolute atomic E-state index is 0.324. The van der Waals surface area contributed by atoms with Crippen molar-refractivity contribution in [1.82, 2.24) is 0 Å². The molecule has 1 atom stereocenters. The van der Waals surface area contributed by atoms with Crippen molar-refractivity contribution in [2.45, 2.75) is 20.0 Å². The van der Waals surface area contributed by atoms with E-state index in [4.69, 9.17) is 19.5 Å². The molecular formula is C19H20N2O4. The van der Waals surface area contributed by atoms with E-state index < -0.39 is 6.10 Å². The average molecular weight is 340 g/mol. The van der Waals surface area contributed by atoms with E-state index in [1.807, 2.05) is 25.1 Å². The molecule has 25 heavy (non-hydrogen) atoms. The molecule has 0 aliphatic rings. The van der Waals surface area contributed by atoms with Crippen LogP contribution in [-0.4, -0.2) is 26.2 Å². The van der Waals surface area contributed by atoms with E-state index in [0.717, 1.165) is 5.56 Å². The molecule has 0 saturated heterocycles. The van der Waals surface area contributed by atoms with E-state index in [2.05, 4.69) is 5.32 Å². The van der Waals surface area contributed by atoms with Gasteiger partial charge in [-0.1, -0.05) is 6.07 Å². The van der Waals surface area contributed by atoms with Crippen molar-refractivity contribution >= 4 is 11.6 Å². The molecule has 2 aromatic rings. The Morgan fingerprint density at radius 3 is 2.40 bits per heavy atom. The normalized spacial score (nSPS) is 11.2. The van der Waals surface area contributed by atoms with Gasteiger partial charge in [0.2, 0.25) is 0 Å². The molecule has 1 N–H and O–H groups in total. The van der Waals surface area contributed by atoms with Crippen LogP contribution in [0.25, 0.3) is 0 Å². The van der Waals surface area contributed by atoms with Crippen LogP contribution in [0.1, 0.15) is 18.1 Å². The molecule has 0 bridgehead atoms. The third-order valence-electron chi connectivity index (χ3n) is 3.58. The number of hydrogen-bond acceptors (Lipinski definition) is 5. The number of carbonyl (C=O) groups excluding carboxylic acids is 1. The van der Waals surface area contributed by atoms with Crippen LogP contribution >= 0.6 is 0 Å². The summed E-state index contributed by atoms with van der Waals surface area (Å²) in [6.45, 7) is 3.56. The van der Waals surface area contributed by atoms with Crippen molar-refractivity contribution < 1.29 is 19.0 Å². The van der Waals surface area contributed by atoms with Crippen LogP contribution in [0.4, 0.5) is 5.69 Å². The van der Waals surface area contributed by atoms with E-state index in [1.54, 1.807) is 38.3 Å². The lowest BCUT2D eigenvalue weighted by Crippen LogP contribution is -2.30. The van der Waals surface area contributed by atoms with Crippen LogP contribution in [0.3, 0.4) is 0 Å². The van der Waals surface area contributed by atoms with Gasteiger partial charge in [-0.25, -0.2) is 0 Å². The van der Waals surface area contributed by atoms with Gasteiger partial charge in [-0.05, 0) is 43.7 Å². The number of ether oxygens (including phenoxy) is 3. The number of methoxy groups -OCH3 is 2. The van der Waals surface area contributed by atoms with Gasteiger partial charge >= 0.3 is 0 Å². The van der Waals surface area contributed by atoms with E-state index in [1.165, 1.54) is 7.11 Å². The molecule has 0 radical (unpaired) electrons. The van der Waals surface area contributed by atoms with E-state index in [9.17, 15) is 4.79 Å². The topological polar surface area (TPSA) is 80.6 Å². The molecule has 0 saturated carbocycles. The Bertz CT molecular complexity index is 812. The maximum atomic E-state index is 12.4. The standard InChI is InChI=1S/C19H20N2O4/c1-12-5-7-16(23-3)15(9-12)21-19(22)13(2)25-17-8-6-14(11-20)10-18(17)24-4/h5-10,13H,1-4H3,(H,21,22). The molecule has 1 unspecified atom stereocenters. The second kappa shape index (κ2) is 8.06. The van der Waals surface area contributed by atoms with Crippen LogP contribution in [0.15, 0.2) is 36.4 Å². The molecule has 0 spiro atoms. The summed E-state index contributed by atoms with van der Waals surface area (Å²) in [4.78, 5) is 12.4. The molecule has 1 amide bonds. The van der Waals surface area contributed by atoms with Crippen LogP contribution in [0.5, 0.6) is 17.2 Å². The molecule has 0 heterocycles. The van der Waals surface area contributed by atoms with Gasteiger partial charge in [-0.15, -0.1) is 0 Å². The number of amides is 1. The SMILES string of the molecule is COc1ccc(C)cc1NC(=O)C(C)Oc1ccc(C#N)cc1OC. The Morgan fingerprint density at radius 1 is 1.08 bits per heavy atom. The summed E-state index contributed by atoms with van der Waals surface area (Å²) in [6, 6.07) is 12.3. The van der Waals surface area contributed by atoms with Gasteiger partial charge in [-0.2, -0.15) is 5.26 Å². The van der Waals surface area contributed by atoms with Crippen molar-refractivity contribution in [3.05, 3.63) is 47.5 Å². The molecule has 0 aliphatic carbocycles. The number of hydrogen-bond donors (Lipinski definition) is 1. The van der Waals surface area contributed by atoms with Crippen molar-refractivity contribution in [2.24, 2.45) is 0 Å². The summed E-state index contributed by atoms with van der Waals surface area (Å²) in [5, 5.41) is 11.7. The minimum atomic E-state index is -0.771. The van der Waals surface area contributed by atoms with Crippen LogP contribution in [0.2, 0.25) is 0 Å². The summed E-state index contributed by atoms with van der Waals surface area (Å²) in [7, 11) is 3.02. The Labute approximate surface area is 146 Å². The highest BCUT2D eigenvalue weighted by atomic mass is 16.5. The Morgan fingerprint density at radius 2 is 1.76 bits per heavy atom. The van der Waals surface area contributed by atoms with Crippen LogP contribution in [-0.2, 0) is 4.79 Å². The predicted octanol–water partition coefficient (Wildman–Crippen LogP) is 3.29. The summed E-state index contributed by atoms with van der Waals surface area (Å²) in [5.41, 5.74) is 2.03. The number of nitrogens with zero attached hydrogens (tertiary/aromatic N) is 1. The number of nitriles is 1. The number of rotatable bonds is 6. The van der Waals surface area contributed by atoms with Crippen molar-refractivity contribution in [2.75, 3.05) is 19.5 Å².